The van der Waals surface area contributed by atoms with Gasteiger partial charge in [0.15, 0.2) is 0 Å². The Kier molecular flexibility index (Phi) is 3.55. The number of nitrogens with two attached hydrogens (primary N) is 1. The fraction of sp³-hybridized carbons (Fsp3) is 0.471. The second-order valence-electron chi connectivity index (χ2n) is 6.63. The Morgan fingerprint density at radius 1 is 1.25 bits per heavy atom. The summed E-state index contributed by atoms with van der Waals surface area (Å²) in [6.07, 6.45) is 5.17. The second-order valence-corrected chi connectivity index (χ2v) is 7.52. The molecule has 20 heavy (non-hydrogen) atoms. The van der Waals surface area contributed by atoms with Crippen LogP contribution in [0.5, 0.6) is 0 Å². The van der Waals surface area contributed by atoms with Crippen LogP contribution in [-0.2, 0) is 0 Å². The first-order valence-corrected chi connectivity index (χ1v) is 8.23. The van der Waals surface area contributed by atoms with Gasteiger partial charge in [-0.2, -0.15) is 0 Å². The quantitative estimate of drug-likeness (QED) is 0.782. The third-order valence-electron chi connectivity index (χ3n) is 4.39. The summed E-state index contributed by atoms with van der Waals surface area (Å²) in [7, 11) is 0. The lowest BCUT2D eigenvalue weighted by Crippen LogP contribution is -2.20. The summed E-state index contributed by atoms with van der Waals surface area (Å²) in [6.45, 7) is 4.76. The number of aromatic nitrogens is 1. The first-order chi connectivity index (χ1) is 9.53. The van der Waals surface area contributed by atoms with Gasteiger partial charge in [-0.25, -0.2) is 4.98 Å². The minimum Gasteiger partial charge on any atom is -0.399 e. The van der Waals surface area contributed by atoms with Crippen molar-refractivity contribution in [2.75, 3.05) is 5.73 Å². The van der Waals surface area contributed by atoms with Crippen LogP contribution >= 0.6 is 11.3 Å². The Bertz CT molecular complexity index is 591. The van der Waals surface area contributed by atoms with Crippen LogP contribution in [-0.4, -0.2) is 4.98 Å². The van der Waals surface area contributed by atoms with Gasteiger partial charge in [0.1, 0.15) is 0 Å². The third kappa shape index (κ3) is 2.88. The van der Waals surface area contributed by atoms with Crippen molar-refractivity contribution < 1.29 is 0 Å². The van der Waals surface area contributed by atoms with Gasteiger partial charge in [0, 0.05) is 22.5 Å². The van der Waals surface area contributed by atoms with Crippen molar-refractivity contribution in [2.45, 2.75) is 45.4 Å². The molecule has 1 fully saturated rings. The van der Waals surface area contributed by atoms with Crippen molar-refractivity contribution in [3.63, 3.8) is 0 Å². The molecule has 2 aromatic rings. The van der Waals surface area contributed by atoms with E-state index in [1.54, 1.807) is 11.3 Å². The van der Waals surface area contributed by atoms with E-state index in [-0.39, 0.29) is 0 Å². The van der Waals surface area contributed by atoms with Crippen molar-refractivity contribution in [3.05, 3.63) is 34.7 Å². The van der Waals surface area contributed by atoms with E-state index in [4.69, 9.17) is 10.7 Å². The molecule has 0 radical (unpaired) electrons. The molecule has 1 heterocycles. The third-order valence-corrected chi connectivity index (χ3v) is 5.40. The van der Waals surface area contributed by atoms with Crippen molar-refractivity contribution in [1.29, 1.82) is 0 Å². The lowest BCUT2D eigenvalue weighted by molar-refractivity contribution is 0.224. The Morgan fingerprint density at radius 3 is 2.70 bits per heavy atom. The summed E-state index contributed by atoms with van der Waals surface area (Å²) in [5, 5.41) is 3.47. The molecule has 0 amide bonds. The molecule has 0 bridgehead atoms. The summed E-state index contributed by atoms with van der Waals surface area (Å²) in [4.78, 5) is 4.86. The van der Waals surface area contributed by atoms with E-state index in [1.165, 1.54) is 30.7 Å². The summed E-state index contributed by atoms with van der Waals surface area (Å²) < 4.78 is 0. The van der Waals surface area contributed by atoms with Gasteiger partial charge in [-0.1, -0.05) is 26.0 Å². The zero-order chi connectivity index (χ0) is 14.2. The molecule has 3 rings (SSSR count). The zero-order valence-corrected chi connectivity index (χ0v) is 13.0. The standard InChI is InChI=1S/C17H22N2S/c1-17(2)8-6-12(7-9-17)16-19-15(11-20-16)13-4-3-5-14(18)10-13/h3-5,10-12H,6-9,18H2,1-2H3. The van der Waals surface area contributed by atoms with Crippen LogP contribution in [0.4, 0.5) is 5.69 Å². The molecular formula is C17H22N2S. The Balaban J connectivity index is 1.78. The fourth-order valence-electron chi connectivity index (χ4n) is 2.95. The molecular weight excluding hydrogens is 264 g/mol. The van der Waals surface area contributed by atoms with Crippen molar-refractivity contribution in [2.24, 2.45) is 5.41 Å². The molecule has 1 aliphatic carbocycles. The van der Waals surface area contributed by atoms with Gasteiger partial charge >= 0.3 is 0 Å². The van der Waals surface area contributed by atoms with Gasteiger partial charge in [-0.05, 0) is 43.2 Å². The van der Waals surface area contributed by atoms with E-state index in [2.05, 4.69) is 25.3 Å². The highest BCUT2D eigenvalue weighted by atomic mass is 32.1. The van der Waals surface area contributed by atoms with Crippen LogP contribution in [0, 0.1) is 5.41 Å². The molecule has 0 aliphatic heterocycles. The smallest absolute Gasteiger partial charge is 0.0963 e. The molecule has 0 unspecified atom stereocenters. The number of rotatable bonds is 2. The van der Waals surface area contributed by atoms with Crippen molar-refractivity contribution >= 4 is 17.0 Å². The maximum atomic E-state index is 5.85. The minimum atomic E-state index is 0.518. The van der Waals surface area contributed by atoms with E-state index in [0.29, 0.717) is 11.3 Å². The fourth-order valence-corrected chi connectivity index (χ4v) is 3.95. The zero-order valence-electron chi connectivity index (χ0n) is 12.2. The Labute approximate surface area is 125 Å². The molecule has 0 saturated heterocycles. The predicted octanol–water partition coefficient (Wildman–Crippen LogP) is 5.08. The van der Waals surface area contributed by atoms with E-state index in [9.17, 15) is 0 Å². The van der Waals surface area contributed by atoms with Gasteiger partial charge in [-0.15, -0.1) is 11.3 Å². The van der Waals surface area contributed by atoms with Crippen LogP contribution in [0.2, 0.25) is 0 Å². The number of anilines is 1. The van der Waals surface area contributed by atoms with Gasteiger partial charge in [0.25, 0.3) is 0 Å². The largest absolute Gasteiger partial charge is 0.399 e. The van der Waals surface area contributed by atoms with Gasteiger partial charge < -0.3 is 5.73 Å². The first kappa shape index (κ1) is 13.6. The number of nitrogen functional groups attached to an aromatic ring is 1. The molecule has 1 saturated carbocycles. The normalized spacial score (nSPS) is 19.1. The number of hydrogen-bond donors (Lipinski definition) is 1. The van der Waals surface area contributed by atoms with Gasteiger partial charge in [-0.3, -0.25) is 0 Å². The predicted molar refractivity (Wildman–Crippen MR) is 87.0 cm³/mol. The van der Waals surface area contributed by atoms with Gasteiger partial charge in [0.2, 0.25) is 0 Å². The molecule has 3 heteroatoms. The van der Waals surface area contributed by atoms with Crippen LogP contribution in [0.1, 0.15) is 50.5 Å². The molecule has 1 aliphatic rings. The molecule has 2 nitrogen and oxygen atoms in total. The van der Waals surface area contributed by atoms with E-state index in [0.717, 1.165) is 16.9 Å². The maximum absolute atomic E-state index is 5.85. The topological polar surface area (TPSA) is 38.9 Å². The summed E-state index contributed by atoms with van der Waals surface area (Å²) in [6, 6.07) is 7.99. The van der Waals surface area contributed by atoms with E-state index in [1.807, 2.05) is 18.2 Å². The van der Waals surface area contributed by atoms with Crippen molar-refractivity contribution in [3.8, 4) is 11.3 Å². The Morgan fingerprint density at radius 2 is 2.00 bits per heavy atom. The van der Waals surface area contributed by atoms with Crippen molar-refractivity contribution in [1.82, 2.24) is 4.98 Å². The number of thiazole rings is 1. The highest BCUT2D eigenvalue weighted by Crippen LogP contribution is 2.43. The average Bonchev–Trinajstić information content (AvgIpc) is 2.88. The first-order valence-electron chi connectivity index (χ1n) is 7.35. The van der Waals surface area contributed by atoms with E-state index >= 15 is 0 Å². The van der Waals surface area contributed by atoms with Crippen LogP contribution in [0.15, 0.2) is 29.6 Å². The number of benzene rings is 1. The maximum Gasteiger partial charge on any atom is 0.0963 e. The average molecular weight is 286 g/mol. The van der Waals surface area contributed by atoms with E-state index < -0.39 is 0 Å². The minimum absolute atomic E-state index is 0.518. The Hall–Kier alpha value is -1.35. The molecule has 106 valence electrons. The monoisotopic (exact) mass is 286 g/mol. The van der Waals surface area contributed by atoms with Gasteiger partial charge in [0.05, 0.1) is 10.7 Å². The lowest BCUT2D eigenvalue weighted by Gasteiger charge is -2.33. The molecule has 1 aromatic carbocycles. The molecule has 2 N–H and O–H groups in total. The number of nitrogens with zero attached hydrogens (tertiary/aromatic N) is 1. The highest BCUT2D eigenvalue weighted by Gasteiger charge is 2.29. The SMILES string of the molecule is CC1(C)CCC(c2nc(-c3cccc(N)c3)cs2)CC1. The lowest BCUT2D eigenvalue weighted by atomic mass is 9.73. The second kappa shape index (κ2) is 5.21. The van der Waals surface area contributed by atoms with Crippen LogP contribution < -0.4 is 5.73 Å². The number of hydrogen-bond acceptors (Lipinski definition) is 3. The van der Waals surface area contributed by atoms with Crippen LogP contribution in [0.25, 0.3) is 11.3 Å². The molecule has 0 atom stereocenters. The molecule has 1 aromatic heterocycles. The highest BCUT2D eigenvalue weighted by molar-refractivity contribution is 7.10. The summed E-state index contributed by atoms with van der Waals surface area (Å²) in [5.41, 5.74) is 9.37. The van der Waals surface area contributed by atoms with Crippen LogP contribution in [0.3, 0.4) is 0 Å². The summed E-state index contributed by atoms with van der Waals surface area (Å²) in [5.74, 6) is 0.655. The summed E-state index contributed by atoms with van der Waals surface area (Å²) >= 11 is 1.80. The molecule has 0 spiro atoms.